The van der Waals surface area contributed by atoms with Gasteiger partial charge < -0.3 is 0 Å². The highest BCUT2D eigenvalue weighted by atomic mass is 16.6. The van der Waals surface area contributed by atoms with E-state index in [1.54, 1.807) is 12.1 Å². The van der Waals surface area contributed by atoms with Crippen molar-refractivity contribution in [1.29, 1.82) is 0 Å². The lowest BCUT2D eigenvalue weighted by atomic mass is 9.84. The van der Waals surface area contributed by atoms with Crippen molar-refractivity contribution >= 4 is 5.69 Å². The number of hydrogen-bond donors (Lipinski definition) is 0. The van der Waals surface area contributed by atoms with Crippen LogP contribution < -0.4 is 0 Å². The van der Waals surface area contributed by atoms with Gasteiger partial charge in [0.1, 0.15) is 0 Å². The largest absolute Gasteiger partial charge is 0.272 e. The van der Waals surface area contributed by atoms with Crippen LogP contribution in [0.1, 0.15) is 90.5 Å². The van der Waals surface area contributed by atoms with Gasteiger partial charge in [0.25, 0.3) is 5.69 Å². The average Bonchev–Trinajstić information content (AvgIpc) is 2.54. The number of para-hydroxylation sites is 1. The van der Waals surface area contributed by atoms with Gasteiger partial charge in [0.2, 0.25) is 0 Å². The Hall–Kier alpha value is -1.38. The molecular formula is C21H35NO2. The van der Waals surface area contributed by atoms with Crippen molar-refractivity contribution in [2.24, 2.45) is 11.8 Å². The van der Waals surface area contributed by atoms with E-state index in [9.17, 15) is 10.1 Å². The van der Waals surface area contributed by atoms with Crippen LogP contribution in [0.4, 0.5) is 5.69 Å². The second kappa shape index (κ2) is 11.2. The smallest absolute Gasteiger partial charge is 0.258 e. The quantitative estimate of drug-likeness (QED) is 0.232. The van der Waals surface area contributed by atoms with E-state index in [0.29, 0.717) is 5.92 Å². The van der Waals surface area contributed by atoms with E-state index in [2.05, 4.69) is 27.7 Å². The minimum absolute atomic E-state index is 0.243. The average molecular weight is 334 g/mol. The maximum absolute atomic E-state index is 11.2. The third kappa shape index (κ3) is 7.46. The van der Waals surface area contributed by atoms with Crippen molar-refractivity contribution in [2.75, 3.05) is 0 Å². The number of benzene rings is 1. The zero-order chi connectivity index (χ0) is 17.9. The predicted molar refractivity (Wildman–Crippen MR) is 102 cm³/mol. The minimum Gasteiger partial charge on any atom is -0.258 e. The number of nitrogens with zero attached hydrogens (tertiary/aromatic N) is 1. The van der Waals surface area contributed by atoms with Gasteiger partial charge >= 0.3 is 0 Å². The molecule has 0 spiro atoms. The Morgan fingerprint density at radius 3 is 2.29 bits per heavy atom. The summed E-state index contributed by atoms with van der Waals surface area (Å²) in [6.45, 7) is 8.95. The lowest BCUT2D eigenvalue weighted by Gasteiger charge is -2.21. The molecule has 0 aliphatic rings. The molecule has 2 atom stereocenters. The summed E-state index contributed by atoms with van der Waals surface area (Å²) in [5, 5.41) is 11.2. The molecule has 1 aromatic carbocycles. The first kappa shape index (κ1) is 20.7. The number of unbranched alkanes of at least 4 members (excludes halogenated alkanes) is 2. The summed E-state index contributed by atoms with van der Waals surface area (Å²) in [6.07, 6.45) is 10.0. The molecule has 3 heteroatoms. The fraction of sp³-hybridized carbons (Fsp3) is 0.714. The summed E-state index contributed by atoms with van der Waals surface area (Å²) >= 11 is 0. The summed E-state index contributed by atoms with van der Waals surface area (Å²) in [7, 11) is 0. The van der Waals surface area contributed by atoms with Crippen LogP contribution >= 0.6 is 0 Å². The molecular weight excluding hydrogens is 298 g/mol. The number of nitro benzene ring substituents is 1. The van der Waals surface area contributed by atoms with Gasteiger partial charge in [-0.3, -0.25) is 10.1 Å². The van der Waals surface area contributed by atoms with Crippen molar-refractivity contribution in [3.05, 3.63) is 39.9 Å². The maximum atomic E-state index is 11.2. The van der Waals surface area contributed by atoms with Gasteiger partial charge in [0.15, 0.2) is 0 Å². The zero-order valence-corrected chi connectivity index (χ0v) is 16.0. The first-order valence-electron chi connectivity index (χ1n) is 9.69. The fourth-order valence-corrected chi connectivity index (χ4v) is 3.65. The number of nitro groups is 1. The Morgan fingerprint density at radius 1 is 1.00 bits per heavy atom. The van der Waals surface area contributed by atoms with Crippen molar-refractivity contribution < 1.29 is 4.92 Å². The van der Waals surface area contributed by atoms with Crippen molar-refractivity contribution in [1.82, 2.24) is 0 Å². The lowest BCUT2D eigenvalue weighted by molar-refractivity contribution is -0.385. The van der Waals surface area contributed by atoms with Crippen LogP contribution in [-0.4, -0.2) is 4.92 Å². The van der Waals surface area contributed by atoms with Crippen molar-refractivity contribution in [2.45, 2.75) is 85.0 Å². The molecule has 0 aliphatic carbocycles. The molecule has 0 saturated heterocycles. The number of hydrogen-bond acceptors (Lipinski definition) is 2. The van der Waals surface area contributed by atoms with E-state index >= 15 is 0 Å². The minimum atomic E-state index is -0.243. The Bertz CT molecular complexity index is 484. The topological polar surface area (TPSA) is 43.1 Å². The summed E-state index contributed by atoms with van der Waals surface area (Å²) in [5.74, 6) is 1.73. The molecule has 0 aromatic heterocycles. The second-order valence-corrected chi connectivity index (χ2v) is 7.64. The van der Waals surface area contributed by atoms with Gasteiger partial charge in [-0.25, -0.2) is 0 Å². The molecule has 0 fully saturated rings. The monoisotopic (exact) mass is 333 g/mol. The highest BCUT2D eigenvalue weighted by Gasteiger charge is 2.21. The molecule has 0 amide bonds. The normalized spacial score (nSPS) is 13.9. The molecule has 24 heavy (non-hydrogen) atoms. The molecule has 3 nitrogen and oxygen atoms in total. The van der Waals surface area contributed by atoms with E-state index in [-0.39, 0.29) is 16.5 Å². The summed E-state index contributed by atoms with van der Waals surface area (Å²) < 4.78 is 0. The van der Waals surface area contributed by atoms with E-state index in [0.717, 1.165) is 17.9 Å². The van der Waals surface area contributed by atoms with Gasteiger partial charge in [0, 0.05) is 11.6 Å². The van der Waals surface area contributed by atoms with Crippen LogP contribution in [0.15, 0.2) is 24.3 Å². The molecule has 0 bridgehead atoms. The summed E-state index contributed by atoms with van der Waals surface area (Å²) in [4.78, 5) is 11.0. The first-order chi connectivity index (χ1) is 11.5. The van der Waals surface area contributed by atoms with Gasteiger partial charge in [-0.2, -0.15) is 0 Å². The van der Waals surface area contributed by atoms with Crippen LogP contribution in [0.2, 0.25) is 0 Å². The Morgan fingerprint density at radius 2 is 1.67 bits per heavy atom. The van der Waals surface area contributed by atoms with Gasteiger partial charge in [-0.15, -0.1) is 0 Å². The van der Waals surface area contributed by atoms with Crippen molar-refractivity contribution in [3.8, 4) is 0 Å². The van der Waals surface area contributed by atoms with E-state index in [4.69, 9.17) is 0 Å². The molecule has 0 radical (unpaired) electrons. The highest BCUT2D eigenvalue weighted by molar-refractivity contribution is 5.42. The third-order valence-corrected chi connectivity index (χ3v) is 4.94. The molecule has 1 rings (SSSR count). The van der Waals surface area contributed by atoms with Crippen molar-refractivity contribution in [3.63, 3.8) is 0 Å². The van der Waals surface area contributed by atoms with Gasteiger partial charge in [-0.1, -0.05) is 90.8 Å². The van der Waals surface area contributed by atoms with Gasteiger partial charge in [0.05, 0.1) is 4.92 Å². The van der Waals surface area contributed by atoms with Crippen LogP contribution in [0.5, 0.6) is 0 Å². The second-order valence-electron chi connectivity index (χ2n) is 7.64. The molecule has 136 valence electrons. The molecule has 0 heterocycles. The number of rotatable bonds is 12. The molecule has 1 aromatic rings. The first-order valence-corrected chi connectivity index (χ1v) is 9.69. The molecule has 0 saturated carbocycles. The Kier molecular flexibility index (Phi) is 9.66. The fourth-order valence-electron chi connectivity index (χ4n) is 3.65. The van der Waals surface area contributed by atoms with Crippen LogP contribution in [-0.2, 0) is 0 Å². The molecule has 2 unspecified atom stereocenters. The van der Waals surface area contributed by atoms with E-state index in [1.807, 2.05) is 12.1 Å². The van der Waals surface area contributed by atoms with E-state index < -0.39 is 0 Å². The lowest BCUT2D eigenvalue weighted by Crippen LogP contribution is -2.08. The van der Waals surface area contributed by atoms with Crippen LogP contribution in [0.25, 0.3) is 0 Å². The highest BCUT2D eigenvalue weighted by Crippen LogP contribution is 2.33. The SMILES string of the molecule is CCCC(CCCCCC(C)C)CC(C)c1ccccc1[N+](=O)[O-]. The Balaban J connectivity index is 2.56. The maximum Gasteiger partial charge on any atom is 0.272 e. The van der Waals surface area contributed by atoms with Crippen LogP contribution in [0, 0.1) is 22.0 Å². The summed E-state index contributed by atoms with van der Waals surface area (Å²) in [6, 6.07) is 7.23. The Labute approximate surface area is 148 Å². The molecule has 0 N–H and O–H groups in total. The summed E-state index contributed by atoms with van der Waals surface area (Å²) in [5.41, 5.74) is 1.17. The third-order valence-electron chi connectivity index (χ3n) is 4.94. The standard InChI is InChI=1S/C21H35NO2/c1-5-11-19(13-8-6-7-12-17(2)3)16-18(4)20-14-9-10-15-21(20)22(23)24/h9-10,14-15,17-19H,5-8,11-13,16H2,1-4H3. The van der Waals surface area contributed by atoms with E-state index in [1.165, 1.54) is 44.9 Å². The van der Waals surface area contributed by atoms with Crippen LogP contribution in [0.3, 0.4) is 0 Å². The zero-order valence-electron chi connectivity index (χ0n) is 16.0. The molecule has 0 aliphatic heterocycles. The van der Waals surface area contributed by atoms with Gasteiger partial charge in [-0.05, 0) is 24.2 Å². The predicted octanol–water partition coefficient (Wildman–Crippen LogP) is 7.11.